The summed E-state index contributed by atoms with van der Waals surface area (Å²) in [6.07, 6.45) is 0. The molecule has 0 fully saturated rings. The molecule has 0 aliphatic heterocycles. The Hall–Kier alpha value is -5.29. The molecular weight excluding hydrogens is 599 g/mol. The topological polar surface area (TPSA) is 61.2 Å². The summed E-state index contributed by atoms with van der Waals surface area (Å²) in [5, 5.41) is 3.52. The maximum absolute atomic E-state index is 14.5. The molecule has 218 valence electrons. The van der Waals surface area contributed by atoms with Crippen LogP contribution in [-0.4, -0.2) is 18.0 Å². The smallest absolute Gasteiger partial charge is 0.345 e. The molecule has 0 unspecified atom stereocenters. The second kappa shape index (κ2) is 10.2. The van der Waals surface area contributed by atoms with Gasteiger partial charge in [-0.25, -0.2) is 26.9 Å². The molecule has 0 aliphatic rings. The third-order valence-electron chi connectivity index (χ3n) is 7.29. The highest BCUT2D eigenvalue weighted by Crippen LogP contribution is 2.41. The quantitative estimate of drug-likeness (QED) is 0.0640. The molecule has 6 aromatic carbocycles. The molecule has 0 saturated carbocycles. The summed E-state index contributed by atoms with van der Waals surface area (Å²) >= 11 is 0. The summed E-state index contributed by atoms with van der Waals surface area (Å²) < 4.78 is 104. The highest BCUT2D eigenvalue weighted by Gasteiger charge is 2.36. The van der Waals surface area contributed by atoms with Crippen LogP contribution in [0.5, 0.6) is 5.75 Å². The van der Waals surface area contributed by atoms with Crippen LogP contribution in [0.3, 0.4) is 0 Å². The second-order valence-corrected chi connectivity index (χ2v) is 11.3. The van der Waals surface area contributed by atoms with Gasteiger partial charge in [-0.05, 0) is 35.0 Å². The predicted octanol–water partition coefficient (Wildman–Crippen LogP) is 8.46. The van der Waals surface area contributed by atoms with Gasteiger partial charge in [0.1, 0.15) is 5.82 Å². The summed E-state index contributed by atoms with van der Waals surface area (Å²) in [4.78, 5) is 2.85. The first-order valence-electron chi connectivity index (χ1n) is 13.1. The Labute approximate surface area is 246 Å². The molecule has 0 saturated heterocycles. The summed E-state index contributed by atoms with van der Waals surface area (Å²) in [6.45, 7) is 0. The van der Waals surface area contributed by atoms with Gasteiger partial charge in [0.2, 0.25) is 5.82 Å². The van der Waals surface area contributed by atoms with Crippen LogP contribution in [0.25, 0.3) is 49.7 Å². The first-order chi connectivity index (χ1) is 21.2. The molecule has 1 heterocycles. The Kier molecular flexibility index (Phi) is 6.36. The molecule has 0 N–H and O–H groups in total. The Balaban J connectivity index is 1.53. The zero-order valence-electron chi connectivity index (χ0n) is 22.2. The molecule has 7 rings (SSSR count). The van der Waals surface area contributed by atoms with Gasteiger partial charge in [0, 0.05) is 16.5 Å². The van der Waals surface area contributed by atoms with Crippen LogP contribution in [-0.2, 0) is 10.1 Å². The van der Waals surface area contributed by atoms with E-state index >= 15 is 0 Å². The summed E-state index contributed by atoms with van der Waals surface area (Å²) in [5.41, 5.74) is 2.00. The zero-order valence-corrected chi connectivity index (χ0v) is 23.0. The maximum atomic E-state index is 14.5. The van der Waals surface area contributed by atoms with Crippen LogP contribution in [0.2, 0.25) is 0 Å². The SMILES string of the molecule is O=S(=O)(Oc1ccccc1-c1nc2c3ccccc3c3ccccc3c2n1-c1ccccc1)c1c(F)c(F)c(F)c(F)c1F. The molecule has 5 nitrogen and oxygen atoms in total. The standard InChI is InChI=1S/C33H17F5N2O3S/c34-25-26(35)28(37)32(29(38)27(25)36)44(41,42)43-24-17-9-8-16-23(24)33-39-30-21-14-6-4-12-19(21)20-13-5-7-15-22(20)31(30)40(33)18-10-2-1-3-11-18/h1-17H. The molecule has 7 aromatic rings. The number of halogens is 5. The highest BCUT2D eigenvalue weighted by molar-refractivity contribution is 7.87. The number of rotatable bonds is 5. The van der Waals surface area contributed by atoms with Crippen molar-refractivity contribution < 1.29 is 34.6 Å². The lowest BCUT2D eigenvalue weighted by molar-refractivity contribution is 0.352. The number of fused-ring (bicyclic) bond motifs is 6. The number of benzene rings is 6. The van der Waals surface area contributed by atoms with E-state index in [-0.39, 0.29) is 11.4 Å². The van der Waals surface area contributed by atoms with E-state index in [2.05, 4.69) is 0 Å². The Morgan fingerprint density at radius 1 is 0.568 bits per heavy atom. The highest BCUT2D eigenvalue weighted by atomic mass is 32.2. The van der Waals surface area contributed by atoms with Gasteiger partial charge in [0.05, 0.1) is 16.6 Å². The van der Waals surface area contributed by atoms with Gasteiger partial charge in [-0.3, -0.25) is 4.57 Å². The molecule has 0 aliphatic carbocycles. The Morgan fingerprint density at radius 2 is 1.07 bits per heavy atom. The van der Waals surface area contributed by atoms with Crippen molar-refractivity contribution in [2.45, 2.75) is 4.90 Å². The average Bonchev–Trinajstić information content (AvgIpc) is 3.44. The Morgan fingerprint density at radius 3 is 1.73 bits per heavy atom. The van der Waals surface area contributed by atoms with E-state index < -0.39 is 49.8 Å². The number of aromatic nitrogens is 2. The fourth-order valence-electron chi connectivity index (χ4n) is 5.40. The third-order valence-corrected chi connectivity index (χ3v) is 8.55. The van der Waals surface area contributed by atoms with E-state index in [4.69, 9.17) is 9.17 Å². The fourth-order valence-corrected chi connectivity index (χ4v) is 6.49. The summed E-state index contributed by atoms with van der Waals surface area (Å²) in [7, 11) is -5.58. The molecular formula is C33H17F5N2O3S. The molecule has 0 spiro atoms. The zero-order chi connectivity index (χ0) is 30.7. The number of hydrogen-bond acceptors (Lipinski definition) is 4. The molecule has 11 heteroatoms. The largest absolute Gasteiger partial charge is 0.378 e. The van der Waals surface area contributed by atoms with Crippen molar-refractivity contribution in [3.63, 3.8) is 0 Å². The molecule has 0 bridgehead atoms. The monoisotopic (exact) mass is 616 g/mol. The summed E-state index contributed by atoms with van der Waals surface area (Å²) in [5.74, 6) is -12.6. The van der Waals surface area contributed by atoms with Gasteiger partial charge in [0.15, 0.2) is 33.9 Å². The third kappa shape index (κ3) is 4.11. The number of nitrogens with zero attached hydrogens (tertiary/aromatic N) is 2. The van der Waals surface area contributed by atoms with Crippen molar-refractivity contribution in [2.24, 2.45) is 0 Å². The van der Waals surface area contributed by atoms with Crippen LogP contribution in [0, 0.1) is 29.1 Å². The van der Waals surface area contributed by atoms with E-state index in [1.807, 2.05) is 78.9 Å². The van der Waals surface area contributed by atoms with Gasteiger partial charge >= 0.3 is 10.1 Å². The molecule has 1 aromatic heterocycles. The van der Waals surface area contributed by atoms with Crippen LogP contribution in [0.15, 0.2) is 108 Å². The lowest BCUT2D eigenvalue weighted by atomic mass is 10.00. The second-order valence-electron chi connectivity index (χ2n) is 9.83. The maximum Gasteiger partial charge on any atom is 0.345 e. The van der Waals surface area contributed by atoms with E-state index in [1.165, 1.54) is 18.2 Å². The lowest BCUT2D eigenvalue weighted by Gasteiger charge is -2.15. The van der Waals surface area contributed by atoms with Gasteiger partial charge in [-0.15, -0.1) is 0 Å². The van der Waals surface area contributed by atoms with E-state index in [0.717, 1.165) is 21.5 Å². The lowest BCUT2D eigenvalue weighted by Crippen LogP contribution is -2.18. The first kappa shape index (κ1) is 27.5. The van der Waals surface area contributed by atoms with Crippen molar-refractivity contribution in [3.8, 4) is 22.8 Å². The van der Waals surface area contributed by atoms with Crippen molar-refractivity contribution in [1.29, 1.82) is 0 Å². The average molecular weight is 617 g/mol. The summed E-state index contributed by atoms with van der Waals surface area (Å²) in [6, 6.07) is 30.1. The minimum atomic E-state index is -5.58. The van der Waals surface area contributed by atoms with Gasteiger partial charge < -0.3 is 4.18 Å². The minimum Gasteiger partial charge on any atom is -0.378 e. The van der Waals surface area contributed by atoms with Gasteiger partial charge in [-0.2, -0.15) is 8.42 Å². The van der Waals surface area contributed by atoms with Crippen LogP contribution in [0.1, 0.15) is 0 Å². The first-order valence-corrected chi connectivity index (χ1v) is 14.5. The van der Waals surface area contributed by atoms with Gasteiger partial charge in [0.25, 0.3) is 0 Å². The number of hydrogen-bond donors (Lipinski definition) is 0. The number of para-hydroxylation sites is 2. The number of imidazole rings is 1. The van der Waals surface area contributed by atoms with Crippen LogP contribution >= 0.6 is 0 Å². The van der Waals surface area contributed by atoms with E-state index in [9.17, 15) is 30.4 Å². The van der Waals surface area contributed by atoms with Crippen molar-refractivity contribution >= 4 is 42.7 Å². The van der Waals surface area contributed by atoms with Gasteiger partial charge in [-0.1, -0.05) is 78.9 Å². The molecule has 44 heavy (non-hydrogen) atoms. The van der Waals surface area contributed by atoms with E-state index in [0.29, 0.717) is 16.7 Å². The molecule has 0 atom stereocenters. The predicted molar refractivity (Wildman–Crippen MR) is 156 cm³/mol. The fraction of sp³-hybridized carbons (Fsp3) is 0. The van der Waals surface area contributed by atoms with E-state index in [1.54, 1.807) is 10.6 Å². The normalized spacial score (nSPS) is 11.9. The van der Waals surface area contributed by atoms with Crippen LogP contribution < -0.4 is 4.18 Å². The Bertz CT molecular complexity index is 2360. The van der Waals surface area contributed by atoms with Crippen molar-refractivity contribution in [1.82, 2.24) is 9.55 Å². The van der Waals surface area contributed by atoms with Crippen molar-refractivity contribution in [2.75, 3.05) is 0 Å². The molecule has 0 radical (unpaired) electrons. The van der Waals surface area contributed by atoms with Crippen LogP contribution in [0.4, 0.5) is 22.0 Å². The molecule has 0 amide bonds. The van der Waals surface area contributed by atoms with Crippen molar-refractivity contribution in [3.05, 3.63) is 132 Å². The minimum absolute atomic E-state index is 0.0770.